The maximum absolute atomic E-state index is 13.1. The summed E-state index contributed by atoms with van der Waals surface area (Å²) in [5, 5.41) is 5.19. The van der Waals surface area contributed by atoms with Crippen LogP contribution in [0.3, 0.4) is 0 Å². The van der Waals surface area contributed by atoms with Gasteiger partial charge < -0.3 is 10.6 Å². The van der Waals surface area contributed by atoms with E-state index < -0.39 is 36.2 Å². The van der Waals surface area contributed by atoms with E-state index in [1.165, 1.54) is 36.1 Å². The number of carbonyl (C=O) groups excluding carboxylic acids is 4. The predicted octanol–water partition coefficient (Wildman–Crippen LogP) is 2.58. The van der Waals surface area contributed by atoms with Gasteiger partial charge in [-0.05, 0) is 49.4 Å². The first-order valence-electron chi connectivity index (χ1n) is 8.84. The second kappa shape index (κ2) is 8.09. The number of nitrogens with zero attached hydrogens (tertiary/aromatic N) is 2. The summed E-state index contributed by atoms with van der Waals surface area (Å²) in [4.78, 5) is 50.8. The van der Waals surface area contributed by atoms with Crippen LogP contribution >= 0.6 is 0 Å². The van der Waals surface area contributed by atoms with Crippen LogP contribution in [0, 0.1) is 5.82 Å². The average molecular weight is 398 g/mol. The zero-order valence-corrected chi connectivity index (χ0v) is 15.8. The second-order valence-corrected chi connectivity index (χ2v) is 6.54. The number of urea groups is 1. The Morgan fingerprint density at radius 3 is 2.28 bits per heavy atom. The molecule has 0 bridgehead atoms. The maximum atomic E-state index is 13.1. The van der Waals surface area contributed by atoms with Crippen LogP contribution in [-0.2, 0) is 14.4 Å². The van der Waals surface area contributed by atoms with Gasteiger partial charge in [0.25, 0.3) is 5.91 Å². The van der Waals surface area contributed by atoms with Crippen molar-refractivity contribution in [2.75, 3.05) is 22.1 Å². The number of nitrogens with one attached hydrogen (secondary N) is 2. The Balaban J connectivity index is 1.70. The summed E-state index contributed by atoms with van der Waals surface area (Å²) in [5.41, 5.74) is 1.27. The molecular formula is C20H19FN4O4. The molecule has 9 heteroatoms. The molecule has 29 heavy (non-hydrogen) atoms. The van der Waals surface area contributed by atoms with Crippen molar-refractivity contribution < 1.29 is 23.6 Å². The second-order valence-electron chi connectivity index (χ2n) is 6.54. The zero-order chi connectivity index (χ0) is 21.1. The molecule has 1 aliphatic heterocycles. The largest absolute Gasteiger partial charge is 0.332 e. The molecule has 5 amide bonds. The van der Waals surface area contributed by atoms with Crippen LogP contribution in [-0.4, -0.2) is 41.2 Å². The quantitative estimate of drug-likeness (QED) is 0.757. The number of halogens is 1. The van der Waals surface area contributed by atoms with Gasteiger partial charge in [0.1, 0.15) is 18.4 Å². The molecule has 0 aliphatic carbocycles. The van der Waals surface area contributed by atoms with Gasteiger partial charge in [0.15, 0.2) is 0 Å². The van der Waals surface area contributed by atoms with E-state index >= 15 is 0 Å². The van der Waals surface area contributed by atoms with Crippen LogP contribution in [0.2, 0.25) is 0 Å². The third-order valence-electron chi connectivity index (χ3n) is 4.32. The first-order chi connectivity index (χ1) is 13.8. The molecule has 1 unspecified atom stereocenters. The van der Waals surface area contributed by atoms with E-state index in [9.17, 15) is 23.6 Å². The van der Waals surface area contributed by atoms with Crippen molar-refractivity contribution in [3.8, 4) is 0 Å². The van der Waals surface area contributed by atoms with Gasteiger partial charge in [-0.15, -0.1) is 0 Å². The van der Waals surface area contributed by atoms with Crippen LogP contribution in [0.15, 0.2) is 48.5 Å². The molecule has 3 rings (SSSR count). The molecule has 1 atom stereocenters. The van der Waals surface area contributed by atoms with Crippen molar-refractivity contribution in [2.45, 2.75) is 19.9 Å². The summed E-state index contributed by atoms with van der Waals surface area (Å²) < 4.78 is 13.1. The summed E-state index contributed by atoms with van der Waals surface area (Å²) >= 11 is 0. The lowest BCUT2D eigenvalue weighted by atomic mass is 10.2. The molecule has 0 saturated carbocycles. The Kier molecular flexibility index (Phi) is 5.58. The topological polar surface area (TPSA) is 98.8 Å². The third-order valence-corrected chi connectivity index (χ3v) is 4.32. The lowest BCUT2D eigenvalue weighted by Gasteiger charge is -2.19. The van der Waals surface area contributed by atoms with Crippen molar-refractivity contribution in [1.29, 1.82) is 0 Å². The molecule has 150 valence electrons. The van der Waals surface area contributed by atoms with Gasteiger partial charge in [-0.1, -0.05) is 6.07 Å². The minimum absolute atomic E-state index is 0.253. The van der Waals surface area contributed by atoms with Crippen LogP contribution in [0.25, 0.3) is 0 Å². The number of anilines is 3. The van der Waals surface area contributed by atoms with E-state index in [0.29, 0.717) is 17.1 Å². The Hall–Kier alpha value is -3.75. The third kappa shape index (κ3) is 4.40. The number of imide groups is 1. The molecule has 1 aliphatic rings. The monoisotopic (exact) mass is 398 g/mol. The van der Waals surface area contributed by atoms with E-state index in [4.69, 9.17) is 0 Å². The number of carbonyl (C=O) groups is 4. The van der Waals surface area contributed by atoms with Crippen LogP contribution in [0.5, 0.6) is 0 Å². The summed E-state index contributed by atoms with van der Waals surface area (Å²) in [6.45, 7) is 2.44. The first kappa shape index (κ1) is 20.0. The van der Waals surface area contributed by atoms with Gasteiger partial charge in [-0.25, -0.2) is 9.18 Å². The molecule has 2 aromatic carbocycles. The van der Waals surface area contributed by atoms with Gasteiger partial charge in [0.05, 0.1) is 0 Å². The number of amides is 5. The Bertz CT molecular complexity index is 977. The smallest absolute Gasteiger partial charge is 0.326 e. The Labute approximate surface area is 166 Å². The molecule has 8 nitrogen and oxygen atoms in total. The molecule has 1 saturated heterocycles. The molecule has 2 N–H and O–H groups in total. The van der Waals surface area contributed by atoms with Crippen molar-refractivity contribution in [3.05, 3.63) is 54.3 Å². The SMILES string of the molecule is CC(=O)Nc1cccc(NC(=O)CN2C(=O)C(C)N(c3ccc(F)cc3)C2=O)c1. The minimum atomic E-state index is -0.816. The molecule has 1 fully saturated rings. The van der Waals surface area contributed by atoms with E-state index in [1.807, 2.05) is 0 Å². The lowest BCUT2D eigenvalue weighted by Crippen LogP contribution is -2.39. The summed E-state index contributed by atoms with van der Waals surface area (Å²) in [7, 11) is 0. The Morgan fingerprint density at radius 1 is 1.03 bits per heavy atom. The summed E-state index contributed by atoms with van der Waals surface area (Å²) in [5.74, 6) is -1.81. The fourth-order valence-corrected chi connectivity index (χ4v) is 3.03. The molecule has 0 aromatic heterocycles. The highest BCUT2D eigenvalue weighted by atomic mass is 19.1. The van der Waals surface area contributed by atoms with Gasteiger partial charge in [-0.3, -0.25) is 24.2 Å². The predicted molar refractivity (Wildman–Crippen MR) is 105 cm³/mol. The summed E-state index contributed by atoms with van der Waals surface area (Å²) in [6.07, 6.45) is 0. The number of hydrogen-bond acceptors (Lipinski definition) is 4. The summed E-state index contributed by atoms with van der Waals surface area (Å²) in [6, 6.07) is 10.2. The van der Waals surface area contributed by atoms with Gasteiger partial charge >= 0.3 is 6.03 Å². The molecule has 2 aromatic rings. The van der Waals surface area contributed by atoms with Crippen molar-refractivity contribution in [1.82, 2.24) is 4.90 Å². The van der Waals surface area contributed by atoms with E-state index in [-0.39, 0.29) is 5.91 Å². The molecular weight excluding hydrogens is 379 g/mol. The molecule has 0 spiro atoms. The fourth-order valence-electron chi connectivity index (χ4n) is 3.03. The standard InChI is InChI=1S/C20H19FN4O4/c1-12-19(28)24(20(29)25(12)17-8-6-14(21)7-9-17)11-18(27)23-16-5-3-4-15(10-16)22-13(2)26/h3-10,12H,11H2,1-2H3,(H,22,26)(H,23,27). The minimum Gasteiger partial charge on any atom is -0.326 e. The highest BCUT2D eigenvalue weighted by Crippen LogP contribution is 2.26. The zero-order valence-electron chi connectivity index (χ0n) is 15.8. The van der Waals surface area contributed by atoms with Crippen molar-refractivity contribution in [3.63, 3.8) is 0 Å². The number of hydrogen-bond donors (Lipinski definition) is 2. The maximum Gasteiger partial charge on any atom is 0.332 e. The molecule has 1 heterocycles. The van der Waals surface area contributed by atoms with Gasteiger partial charge in [0.2, 0.25) is 11.8 Å². The lowest BCUT2D eigenvalue weighted by molar-refractivity contribution is -0.130. The van der Waals surface area contributed by atoms with Gasteiger partial charge in [-0.2, -0.15) is 0 Å². The highest BCUT2D eigenvalue weighted by Gasteiger charge is 2.44. The molecule has 0 radical (unpaired) electrons. The van der Waals surface area contributed by atoms with Crippen LogP contribution in [0.4, 0.5) is 26.2 Å². The van der Waals surface area contributed by atoms with E-state index in [2.05, 4.69) is 10.6 Å². The van der Waals surface area contributed by atoms with Gasteiger partial charge in [0, 0.05) is 24.0 Å². The highest BCUT2D eigenvalue weighted by molar-refractivity contribution is 6.16. The van der Waals surface area contributed by atoms with Crippen LogP contribution < -0.4 is 15.5 Å². The fraction of sp³-hybridized carbons (Fsp3) is 0.200. The van der Waals surface area contributed by atoms with Crippen molar-refractivity contribution >= 4 is 40.8 Å². The Morgan fingerprint density at radius 2 is 1.66 bits per heavy atom. The van der Waals surface area contributed by atoms with E-state index in [1.54, 1.807) is 31.2 Å². The normalized spacial score (nSPS) is 16.2. The van der Waals surface area contributed by atoms with Crippen molar-refractivity contribution in [2.24, 2.45) is 0 Å². The number of rotatable bonds is 5. The van der Waals surface area contributed by atoms with Crippen LogP contribution in [0.1, 0.15) is 13.8 Å². The average Bonchev–Trinajstić information content (AvgIpc) is 2.86. The van der Waals surface area contributed by atoms with E-state index in [0.717, 1.165) is 4.90 Å². The number of benzene rings is 2. The first-order valence-corrected chi connectivity index (χ1v) is 8.84.